The highest BCUT2D eigenvalue weighted by atomic mass is 35.5. The molecule has 6 heteroatoms. The summed E-state index contributed by atoms with van der Waals surface area (Å²) >= 11 is 7.14. The topological polar surface area (TPSA) is 66.4 Å². The summed E-state index contributed by atoms with van der Waals surface area (Å²) in [6.45, 7) is 6.66. The average Bonchev–Trinajstić information content (AvgIpc) is 2.40. The van der Waals surface area contributed by atoms with Crippen molar-refractivity contribution < 1.29 is 14.7 Å². The van der Waals surface area contributed by atoms with Gasteiger partial charge >= 0.3 is 5.97 Å². The third-order valence-corrected chi connectivity index (χ3v) is 4.29. The molecule has 1 unspecified atom stereocenters. The van der Waals surface area contributed by atoms with Gasteiger partial charge in [-0.3, -0.25) is 4.79 Å². The molecule has 0 radical (unpaired) electrons. The highest BCUT2D eigenvalue weighted by Gasteiger charge is 2.16. The first kappa shape index (κ1) is 17.9. The number of carbonyl (C=O) groups is 2. The van der Waals surface area contributed by atoms with Crippen LogP contribution in [0, 0.1) is 5.92 Å². The smallest absolute Gasteiger partial charge is 0.337 e. The number of benzene rings is 1. The summed E-state index contributed by atoms with van der Waals surface area (Å²) in [5, 5.41) is 11.8. The Balaban J connectivity index is 2.62. The molecule has 0 bridgehead atoms. The summed E-state index contributed by atoms with van der Waals surface area (Å²) in [6.07, 6.45) is 0.938. The van der Waals surface area contributed by atoms with Crippen molar-refractivity contribution in [2.75, 3.05) is 6.54 Å². The van der Waals surface area contributed by atoms with Gasteiger partial charge in [-0.1, -0.05) is 25.4 Å². The highest BCUT2D eigenvalue weighted by molar-refractivity contribution is 8.00. The number of halogens is 1. The van der Waals surface area contributed by atoms with Crippen LogP contribution in [0.5, 0.6) is 0 Å². The van der Waals surface area contributed by atoms with Gasteiger partial charge in [0.25, 0.3) is 0 Å². The number of carbonyl (C=O) groups excluding carboxylic acids is 1. The predicted molar refractivity (Wildman–Crippen MR) is 86.2 cm³/mol. The summed E-state index contributed by atoms with van der Waals surface area (Å²) in [5.74, 6) is -0.577. The average molecular weight is 330 g/mol. The molecule has 1 atom stereocenters. The van der Waals surface area contributed by atoms with Crippen LogP contribution in [-0.2, 0) is 4.79 Å². The fourth-order valence-corrected chi connectivity index (χ4v) is 2.76. The number of carboxylic acid groups (broad SMARTS) is 1. The van der Waals surface area contributed by atoms with Crippen LogP contribution in [0.2, 0.25) is 5.02 Å². The lowest BCUT2D eigenvalue weighted by molar-refractivity contribution is -0.120. The van der Waals surface area contributed by atoms with E-state index in [1.807, 2.05) is 0 Å². The number of hydrogen-bond donors (Lipinski definition) is 2. The Morgan fingerprint density at radius 3 is 2.57 bits per heavy atom. The van der Waals surface area contributed by atoms with Gasteiger partial charge in [0.15, 0.2) is 0 Å². The number of aromatic carboxylic acids is 1. The molecule has 0 aliphatic heterocycles. The summed E-state index contributed by atoms with van der Waals surface area (Å²) in [6, 6.07) is 4.75. The number of carboxylic acids is 1. The molecule has 0 fully saturated rings. The van der Waals surface area contributed by atoms with E-state index in [-0.39, 0.29) is 21.7 Å². The lowest BCUT2D eigenvalue weighted by Gasteiger charge is -2.13. The molecule has 1 rings (SSSR count). The molecule has 0 saturated heterocycles. The minimum absolute atomic E-state index is 0.0486. The van der Waals surface area contributed by atoms with Gasteiger partial charge < -0.3 is 10.4 Å². The Bertz CT molecular complexity index is 520. The van der Waals surface area contributed by atoms with Crippen LogP contribution in [0.25, 0.3) is 0 Å². The zero-order valence-corrected chi connectivity index (χ0v) is 13.9. The molecule has 1 amide bonds. The SMILES string of the molecule is CC(C)CCNC(=O)C(C)Sc1ccc(Cl)c(C(=O)O)c1. The van der Waals surface area contributed by atoms with Crippen molar-refractivity contribution in [2.45, 2.75) is 37.3 Å². The number of hydrogen-bond acceptors (Lipinski definition) is 3. The lowest BCUT2D eigenvalue weighted by atomic mass is 10.1. The number of thioether (sulfide) groups is 1. The molecule has 21 heavy (non-hydrogen) atoms. The van der Waals surface area contributed by atoms with E-state index in [0.29, 0.717) is 17.4 Å². The van der Waals surface area contributed by atoms with Crippen molar-refractivity contribution >= 4 is 35.2 Å². The maximum Gasteiger partial charge on any atom is 0.337 e. The summed E-state index contributed by atoms with van der Waals surface area (Å²) in [7, 11) is 0. The third kappa shape index (κ3) is 5.98. The van der Waals surface area contributed by atoms with Gasteiger partial charge in [0.2, 0.25) is 5.91 Å². The Labute approximate surface area is 134 Å². The molecule has 0 heterocycles. The van der Waals surface area contributed by atoms with Gasteiger partial charge in [0.1, 0.15) is 0 Å². The summed E-state index contributed by atoms with van der Waals surface area (Å²) in [5.41, 5.74) is 0.0501. The van der Waals surface area contributed by atoms with Crippen molar-refractivity contribution in [1.82, 2.24) is 5.32 Å². The second-order valence-electron chi connectivity index (χ2n) is 5.18. The Morgan fingerprint density at radius 1 is 1.33 bits per heavy atom. The van der Waals surface area contributed by atoms with E-state index in [1.54, 1.807) is 13.0 Å². The molecule has 0 aromatic heterocycles. The standard InChI is InChI=1S/C15H20ClNO3S/c1-9(2)6-7-17-14(18)10(3)21-11-4-5-13(16)12(8-11)15(19)20/h4-5,8-10H,6-7H2,1-3H3,(H,17,18)(H,19,20). The van der Waals surface area contributed by atoms with Crippen LogP contribution < -0.4 is 5.32 Å². The fourth-order valence-electron chi connectivity index (χ4n) is 1.63. The fraction of sp³-hybridized carbons (Fsp3) is 0.467. The quantitative estimate of drug-likeness (QED) is 0.749. The van der Waals surface area contributed by atoms with Crippen LogP contribution in [-0.4, -0.2) is 28.8 Å². The van der Waals surface area contributed by atoms with Crippen LogP contribution in [0.15, 0.2) is 23.1 Å². The van der Waals surface area contributed by atoms with Gasteiger partial charge in [0, 0.05) is 11.4 Å². The molecule has 0 spiro atoms. The molecule has 116 valence electrons. The molecule has 1 aromatic carbocycles. The second kappa shape index (κ2) is 8.29. The monoisotopic (exact) mass is 329 g/mol. The van der Waals surface area contributed by atoms with E-state index < -0.39 is 5.97 Å². The highest BCUT2D eigenvalue weighted by Crippen LogP contribution is 2.27. The lowest BCUT2D eigenvalue weighted by Crippen LogP contribution is -2.32. The summed E-state index contributed by atoms with van der Waals surface area (Å²) in [4.78, 5) is 23.7. The van der Waals surface area contributed by atoms with E-state index in [4.69, 9.17) is 16.7 Å². The molecular weight excluding hydrogens is 310 g/mol. The van der Waals surface area contributed by atoms with Crippen LogP contribution in [0.3, 0.4) is 0 Å². The molecule has 0 aliphatic rings. The number of rotatable bonds is 7. The molecule has 2 N–H and O–H groups in total. The van der Waals surface area contributed by atoms with Crippen LogP contribution >= 0.6 is 23.4 Å². The van der Waals surface area contributed by atoms with Gasteiger partial charge in [-0.25, -0.2) is 4.79 Å². The maximum atomic E-state index is 11.9. The first-order chi connectivity index (χ1) is 9.81. The maximum absolute atomic E-state index is 11.9. The van der Waals surface area contributed by atoms with Gasteiger partial charge in [-0.2, -0.15) is 0 Å². The Morgan fingerprint density at radius 2 is 2.00 bits per heavy atom. The first-order valence-corrected chi connectivity index (χ1v) is 8.04. The first-order valence-electron chi connectivity index (χ1n) is 6.78. The minimum atomic E-state index is -1.07. The van der Waals surface area contributed by atoms with E-state index in [2.05, 4.69) is 19.2 Å². The van der Waals surface area contributed by atoms with E-state index >= 15 is 0 Å². The third-order valence-electron chi connectivity index (χ3n) is 2.87. The molecule has 1 aromatic rings. The van der Waals surface area contributed by atoms with E-state index in [0.717, 1.165) is 6.42 Å². The van der Waals surface area contributed by atoms with Gasteiger partial charge in [-0.15, -0.1) is 11.8 Å². The largest absolute Gasteiger partial charge is 0.478 e. The molecular formula is C15H20ClNO3S. The zero-order valence-electron chi connectivity index (χ0n) is 12.4. The van der Waals surface area contributed by atoms with Gasteiger partial charge in [-0.05, 0) is 37.5 Å². The van der Waals surface area contributed by atoms with Crippen molar-refractivity contribution in [3.8, 4) is 0 Å². The Hall–Kier alpha value is -1.20. The molecule has 0 saturated carbocycles. The molecule has 4 nitrogen and oxygen atoms in total. The van der Waals surface area contributed by atoms with Crippen LogP contribution in [0.1, 0.15) is 37.6 Å². The van der Waals surface area contributed by atoms with E-state index in [9.17, 15) is 9.59 Å². The summed E-state index contributed by atoms with van der Waals surface area (Å²) < 4.78 is 0. The van der Waals surface area contributed by atoms with Crippen molar-refractivity contribution in [2.24, 2.45) is 5.92 Å². The van der Waals surface area contributed by atoms with Crippen molar-refractivity contribution in [3.63, 3.8) is 0 Å². The van der Waals surface area contributed by atoms with Crippen molar-refractivity contribution in [1.29, 1.82) is 0 Å². The molecule has 0 aliphatic carbocycles. The van der Waals surface area contributed by atoms with Crippen LogP contribution in [0.4, 0.5) is 0 Å². The minimum Gasteiger partial charge on any atom is -0.478 e. The van der Waals surface area contributed by atoms with Gasteiger partial charge in [0.05, 0.1) is 15.8 Å². The van der Waals surface area contributed by atoms with E-state index in [1.165, 1.54) is 23.9 Å². The normalized spacial score (nSPS) is 12.2. The second-order valence-corrected chi connectivity index (χ2v) is 7.00. The number of amides is 1. The van der Waals surface area contributed by atoms with Crippen molar-refractivity contribution in [3.05, 3.63) is 28.8 Å². The zero-order chi connectivity index (χ0) is 16.0. The number of nitrogens with one attached hydrogen (secondary N) is 1. The predicted octanol–water partition coefficient (Wildman–Crippen LogP) is 3.68. The Kier molecular flexibility index (Phi) is 7.05.